The molecule has 2 aromatic rings. The fourth-order valence-electron chi connectivity index (χ4n) is 5.21. The van der Waals surface area contributed by atoms with Gasteiger partial charge in [0.05, 0.1) is 0 Å². The third kappa shape index (κ3) is 4.87. The van der Waals surface area contributed by atoms with Crippen LogP contribution in [0, 0.1) is 11.8 Å². The summed E-state index contributed by atoms with van der Waals surface area (Å²) in [6, 6.07) is 16.4. The van der Waals surface area contributed by atoms with E-state index in [0.717, 1.165) is 24.0 Å². The molecule has 2 aliphatic carbocycles. The van der Waals surface area contributed by atoms with Crippen LogP contribution in [0.5, 0.6) is 0 Å². The summed E-state index contributed by atoms with van der Waals surface area (Å²) in [5.74, 6) is -1.44. The predicted molar refractivity (Wildman–Crippen MR) is 124 cm³/mol. The first-order valence-electron chi connectivity index (χ1n) is 11.6. The Hall–Kier alpha value is -3.35. The lowest BCUT2D eigenvalue weighted by molar-refractivity contribution is -0.146. The van der Waals surface area contributed by atoms with Crippen molar-refractivity contribution in [2.45, 2.75) is 32.1 Å². The maximum atomic E-state index is 12.8. The van der Waals surface area contributed by atoms with Crippen LogP contribution >= 0.6 is 0 Å². The largest absolute Gasteiger partial charge is 0.480 e. The fraction of sp³-hybridized carbons (Fsp3) is 0.423. The zero-order valence-electron chi connectivity index (χ0n) is 18.8. The minimum Gasteiger partial charge on any atom is -0.480 e. The number of likely N-dealkylation sites (N-methyl/N-ethyl adjacent to an activating group) is 1. The molecule has 174 valence electrons. The highest BCUT2D eigenvalue weighted by Gasteiger charge is 2.36. The molecule has 7 heteroatoms. The zero-order valence-corrected chi connectivity index (χ0v) is 18.8. The van der Waals surface area contributed by atoms with Crippen molar-refractivity contribution in [3.05, 3.63) is 59.7 Å². The van der Waals surface area contributed by atoms with Gasteiger partial charge in [-0.3, -0.25) is 9.59 Å². The summed E-state index contributed by atoms with van der Waals surface area (Å²) in [7, 11) is 0. The Balaban J connectivity index is 1.33. The molecule has 0 spiro atoms. The molecule has 0 saturated heterocycles. The third-order valence-corrected chi connectivity index (χ3v) is 6.85. The molecule has 33 heavy (non-hydrogen) atoms. The Morgan fingerprint density at radius 1 is 1.03 bits per heavy atom. The first-order chi connectivity index (χ1) is 16.0. The number of aliphatic carboxylic acids is 1. The van der Waals surface area contributed by atoms with Gasteiger partial charge in [0.2, 0.25) is 5.91 Å². The summed E-state index contributed by atoms with van der Waals surface area (Å²) in [6.45, 7) is 2.43. The molecule has 0 aliphatic heterocycles. The van der Waals surface area contributed by atoms with Crippen LogP contribution in [-0.2, 0) is 14.3 Å². The molecule has 0 heterocycles. The number of ether oxygens (including phenoxy) is 1. The number of amides is 2. The van der Waals surface area contributed by atoms with Crippen LogP contribution in [0.15, 0.2) is 48.5 Å². The van der Waals surface area contributed by atoms with E-state index in [4.69, 9.17) is 9.84 Å². The molecule has 2 N–H and O–H groups in total. The summed E-state index contributed by atoms with van der Waals surface area (Å²) in [5, 5.41) is 11.9. The smallest absolute Gasteiger partial charge is 0.407 e. The SMILES string of the molecule is CCN(CC(=O)O)C(=O)[C@@H]1CCC[C@@H]1CNC(=O)OCC1c2ccccc2-c2ccccc21. The normalized spacial score (nSPS) is 18.9. The molecule has 2 atom stereocenters. The maximum absolute atomic E-state index is 12.8. The van der Waals surface area contributed by atoms with Crippen LogP contribution in [-0.4, -0.2) is 54.2 Å². The molecule has 1 fully saturated rings. The van der Waals surface area contributed by atoms with E-state index in [1.165, 1.54) is 16.0 Å². The second-order valence-corrected chi connectivity index (χ2v) is 8.75. The molecule has 0 radical (unpaired) electrons. The van der Waals surface area contributed by atoms with Crippen molar-refractivity contribution in [1.29, 1.82) is 0 Å². The number of carboxylic acids is 1. The van der Waals surface area contributed by atoms with Gasteiger partial charge in [0.25, 0.3) is 0 Å². The van der Waals surface area contributed by atoms with Crippen LogP contribution in [0.2, 0.25) is 0 Å². The number of carbonyl (C=O) groups is 3. The van der Waals surface area contributed by atoms with Crippen molar-refractivity contribution < 1.29 is 24.2 Å². The Bertz CT molecular complexity index is 991. The molecular weight excluding hydrogens is 420 g/mol. The topological polar surface area (TPSA) is 95.9 Å². The number of benzene rings is 2. The first-order valence-corrected chi connectivity index (χ1v) is 11.6. The van der Waals surface area contributed by atoms with Crippen molar-refractivity contribution in [2.75, 3.05) is 26.2 Å². The molecule has 1 saturated carbocycles. The molecule has 2 aliphatic rings. The van der Waals surface area contributed by atoms with Crippen LogP contribution in [0.4, 0.5) is 4.79 Å². The number of nitrogens with one attached hydrogen (secondary N) is 1. The van der Waals surface area contributed by atoms with Gasteiger partial charge in [0.1, 0.15) is 13.2 Å². The highest BCUT2D eigenvalue weighted by atomic mass is 16.5. The lowest BCUT2D eigenvalue weighted by atomic mass is 9.94. The minimum absolute atomic E-state index is 0.00177. The van der Waals surface area contributed by atoms with Gasteiger partial charge >= 0.3 is 12.1 Å². The quantitative estimate of drug-likeness (QED) is 0.636. The Labute approximate surface area is 193 Å². The number of hydrogen-bond acceptors (Lipinski definition) is 4. The van der Waals surface area contributed by atoms with E-state index in [2.05, 4.69) is 29.6 Å². The highest BCUT2D eigenvalue weighted by Crippen LogP contribution is 2.44. The van der Waals surface area contributed by atoms with Crippen LogP contribution in [0.25, 0.3) is 11.1 Å². The molecule has 0 aromatic heterocycles. The molecule has 4 rings (SSSR count). The van der Waals surface area contributed by atoms with E-state index in [9.17, 15) is 14.4 Å². The molecule has 7 nitrogen and oxygen atoms in total. The predicted octanol–water partition coefficient (Wildman–Crippen LogP) is 3.87. The maximum Gasteiger partial charge on any atom is 0.407 e. The summed E-state index contributed by atoms with van der Waals surface area (Å²) >= 11 is 0. The van der Waals surface area contributed by atoms with Gasteiger partial charge in [-0.05, 0) is 47.9 Å². The van der Waals surface area contributed by atoms with Crippen LogP contribution in [0.1, 0.15) is 43.2 Å². The summed E-state index contributed by atoms with van der Waals surface area (Å²) in [4.78, 5) is 37.7. The lowest BCUT2D eigenvalue weighted by Crippen LogP contribution is -2.42. The molecule has 0 unspecified atom stereocenters. The third-order valence-electron chi connectivity index (χ3n) is 6.85. The standard InChI is InChI=1S/C26H30N2O5/c1-2-28(15-24(29)30)25(31)18-13-7-8-17(18)14-27-26(32)33-16-23-21-11-5-3-9-19(21)20-10-4-6-12-22(20)23/h3-6,9-12,17-18,23H,2,7-8,13-16H2,1H3,(H,27,32)(H,29,30)/t17-,18-/m1/s1. The van der Waals surface area contributed by atoms with Crippen molar-refractivity contribution in [1.82, 2.24) is 10.2 Å². The van der Waals surface area contributed by atoms with Gasteiger partial charge in [0, 0.05) is 24.9 Å². The van der Waals surface area contributed by atoms with Gasteiger partial charge < -0.3 is 20.1 Å². The summed E-state index contributed by atoms with van der Waals surface area (Å²) in [5.41, 5.74) is 4.67. The van der Waals surface area contributed by atoms with Crippen molar-refractivity contribution in [3.8, 4) is 11.1 Å². The van der Waals surface area contributed by atoms with E-state index in [1.807, 2.05) is 24.3 Å². The Morgan fingerprint density at radius 3 is 2.27 bits per heavy atom. The Kier molecular flexibility index (Phi) is 6.96. The fourth-order valence-corrected chi connectivity index (χ4v) is 5.21. The zero-order chi connectivity index (χ0) is 23.4. The molecular formula is C26H30N2O5. The van der Waals surface area contributed by atoms with Crippen molar-refractivity contribution in [3.63, 3.8) is 0 Å². The molecule has 0 bridgehead atoms. The average molecular weight is 451 g/mol. The number of alkyl carbamates (subject to hydrolysis) is 1. The number of nitrogens with zero attached hydrogens (tertiary/aromatic N) is 1. The van der Waals surface area contributed by atoms with Crippen LogP contribution in [0.3, 0.4) is 0 Å². The monoisotopic (exact) mass is 450 g/mol. The summed E-state index contributed by atoms with van der Waals surface area (Å²) < 4.78 is 5.59. The highest BCUT2D eigenvalue weighted by molar-refractivity contribution is 5.83. The van der Waals surface area contributed by atoms with E-state index in [0.29, 0.717) is 19.5 Å². The van der Waals surface area contributed by atoms with Gasteiger partial charge in [-0.1, -0.05) is 55.0 Å². The molecule has 2 amide bonds. The van der Waals surface area contributed by atoms with Crippen molar-refractivity contribution in [2.24, 2.45) is 11.8 Å². The van der Waals surface area contributed by atoms with E-state index in [1.54, 1.807) is 6.92 Å². The second kappa shape index (κ2) is 10.1. The Morgan fingerprint density at radius 2 is 1.67 bits per heavy atom. The van der Waals surface area contributed by atoms with Gasteiger partial charge in [-0.25, -0.2) is 4.79 Å². The van der Waals surface area contributed by atoms with E-state index >= 15 is 0 Å². The second-order valence-electron chi connectivity index (χ2n) is 8.75. The van der Waals surface area contributed by atoms with Gasteiger partial charge in [-0.15, -0.1) is 0 Å². The molecule has 2 aromatic carbocycles. The van der Waals surface area contributed by atoms with E-state index < -0.39 is 12.1 Å². The minimum atomic E-state index is -1.02. The number of rotatable bonds is 8. The van der Waals surface area contributed by atoms with Crippen LogP contribution < -0.4 is 5.32 Å². The number of fused-ring (bicyclic) bond motifs is 3. The van der Waals surface area contributed by atoms with Gasteiger partial charge in [0.15, 0.2) is 0 Å². The van der Waals surface area contributed by atoms with Crippen molar-refractivity contribution >= 4 is 18.0 Å². The van der Waals surface area contributed by atoms with E-state index in [-0.39, 0.29) is 36.8 Å². The van der Waals surface area contributed by atoms with Gasteiger partial charge in [-0.2, -0.15) is 0 Å². The number of hydrogen-bond donors (Lipinski definition) is 2. The lowest BCUT2D eigenvalue weighted by Gasteiger charge is -2.26. The summed E-state index contributed by atoms with van der Waals surface area (Å²) in [6.07, 6.45) is 1.93. The number of carboxylic acid groups (broad SMARTS) is 1. The average Bonchev–Trinajstić information content (AvgIpc) is 3.42. The first kappa shape index (κ1) is 22.8. The number of carbonyl (C=O) groups excluding carboxylic acids is 2.